The average Bonchev–Trinajstić information content (AvgIpc) is 3.43. The minimum atomic E-state index is -0.178. The lowest BCUT2D eigenvalue weighted by atomic mass is 9.33. The molecule has 7 fully saturated rings. The van der Waals surface area contributed by atoms with Gasteiger partial charge in [-0.3, -0.25) is 9.59 Å². The van der Waals surface area contributed by atoms with Crippen molar-refractivity contribution in [2.45, 2.75) is 125 Å². The van der Waals surface area contributed by atoms with Crippen LogP contribution in [-0.4, -0.2) is 49.1 Å². The van der Waals surface area contributed by atoms with Crippen LogP contribution >= 0.6 is 0 Å². The molecule has 0 radical (unpaired) electrons. The molecule has 0 aromatic carbocycles. The molecule has 1 aliphatic heterocycles. The van der Waals surface area contributed by atoms with Gasteiger partial charge in [-0.15, -0.1) is 0 Å². The van der Waals surface area contributed by atoms with Crippen LogP contribution in [0.15, 0.2) is 0 Å². The number of amides is 2. The summed E-state index contributed by atoms with van der Waals surface area (Å²) in [6.45, 7) is 18.1. The third-order valence-corrected chi connectivity index (χ3v) is 16.6. The highest BCUT2D eigenvalue weighted by atomic mass is 16.5. The molecule has 0 spiro atoms. The fraction of sp³-hybridized carbons (Fsp3) is 0.946. The molecule has 0 bridgehead atoms. The SMILES string of the molecule is CC1CCC2(C)C(CCC3(C)C2CCC2C4CCCC4(C(=O)NC4CC(C(=O)N5CCOCC5)C4C)CC[C@]23C)C1C. The Morgan fingerprint density at radius 1 is 0.762 bits per heavy atom. The lowest BCUT2D eigenvalue weighted by Gasteiger charge is -2.71. The van der Waals surface area contributed by atoms with Gasteiger partial charge in [0.15, 0.2) is 0 Å². The molecule has 42 heavy (non-hydrogen) atoms. The normalized spacial score (nSPS) is 53.6. The van der Waals surface area contributed by atoms with E-state index in [9.17, 15) is 9.59 Å². The zero-order valence-corrected chi connectivity index (χ0v) is 27.7. The van der Waals surface area contributed by atoms with Gasteiger partial charge in [0, 0.05) is 25.0 Å². The summed E-state index contributed by atoms with van der Waals surface area (Å²) in [5, 5.41) is 3.58. The van der Waals surface area contributed by atoms with Crippen molar-refractivity contribution in [1.82, 2.24) is 10.2 Å². The molecule has 7 aliphatic rings. The number of nitrogens with zero attached hydrogens (tertiary/aromatic N) is 1. The van der Waals surface area contributed by atoms with Crippen molar-refractivity contribution in [3.8, 4) is 0 Å². The monoisotopic (exact) mass is 580 g/mol. The fourth-order valence-electron chi connectivity index (χ4n) is 13.4. The summed E-state index contributed by atoms with van der Waals surface area (Å²) >= 11 is 0. The fourth-order valence-corrected chi connectivity index (χ4v) is 13.4. The first-order valence-corrected chi connectivity index (χ1v) is 18.1. The van der Waals surface area contributed by atoms with Gasteiger partial charge in [-0.05, 0) is 128 Å². The smallest absolute Gasteiger partial charge is 0.226 e. The molecule has 6 saturated carbocycles. The van der Waals surface area contributed by atoms with E-state index in [1.54, 1.807) is 0 Å². The summed E-state index contributed by atoms with van der Waals surface area (Å²) in [4.78, 5) is 29.5. The summed E-state index contributed by atoms with van der Waals surface area (Å²) in [5.41, 5.74) is 1.04. The summed E-state index contributed by atoms with van der Waals surface area (Å²) in [6, 6.07) is 0.149. The minimum absolute atomic E-state index is 0.0529. The van der Waals surface area contributed by atoms with Crippen LogP contribution in [0.1, 0.15) is 119 Å². The largest absolute Gasteiger partial charge is 0.378 e. The maximum atomic E-state index is 14.4. The first-order chi connectivity index (χ1) is 20.0. The molecular formula is C37H60N2O3. The van der Waals surface area contributed by atoms with Gasteiger partial charge in [0.2, 0.25) is 11.8 Å². The maximum absolute atomic E-state index is 14.4. The highest BCUT2D eigenvalue weighted by molar-refractivity contribution is 5.85. The van der Waals surface area contributed by atoms with Crippen molar-refractivity contribution in [3.63, 3.8) is 0 Å². The second-order valence-corrected chi connectivity index (χ2v) is 17.5. The topological polar surface area (TPSA) is 58.6 Å². The Hall–Kier alpha value is -1.10. The molecule has 7 rings (SSSR count). The number of nitrogens with one attached hydrogen (secondary N) is 1. The second-order valence-electron chi connectivity index (χ2n) is 17.5. The van der Waals surface area contributed by atoms with Crippen molar-refractivity contribution < 1.29 is 14.3 Å². The Balaban J connectivity index is 1.07. The first-order valence-electron chi connectivity index (χ1n) is 18.1. The predicted octanol–water partition coefficient (Wildman–Crippen LogP) is 7.09. The molecule has 13 atom stereocenters. The second kappa shape index (κ2) is 10.2. The van der Waals surface area contributed by atoms with E-state index in [0.717, 1.165) is 42.9 Å². The van der Waals surface area contributed by atoms with Crippen LogP contribution in [0.4, 0.5) is 0 Å². The van der Waals surface area contributed by atoms with E-state index in [4.69, 9.17) is 4.74 Å². The Kier molecular flexibility index (Phi) is 7.20. The summed E-state index contributed by atoms with van der Waals surface area (Å²) < 4.78 is 5.45. The van der Waals surface area contributed by atoms with Crippen molar-refractivity contribution in [3.05, 3.63) is 0 Å². The van der Waals surface area contributed by atoms with Gasteiger partial charge in [0.25, 0.3) is 0 Å². The van der Waals surface area contributed by atoms with E-state index in [-0.39, 0.29) is 29.2 Å². The van der Waals surface area contributed by atoms with Gasteiger partial charge in [0.05, 0.1) is 18.6 Å². The van der Waals surface area contributed by atoms with Crippen molar-refractivity contribution >= 4 is 11.8 Å². The molecule has 5 nitrogen and oxygen atoms in total. The van der Waals surface area contributed by atoms with Gasteiger partial charge in [-0.1, -0.05) is 48.0 Å². The van der Waals surface area contributed by atoms with Crippen molar-refractivity contribution in [1.29, 1.82) is 0 Å². The summed E-state index contributed by atoms with van der Waals surface area (Å²) in [5.74, 6) is 5.56. The average molecular weight is 581 g/mol. The molecule has 236 valence electrons. The van der Waals surface area contributed by atoms with Crippen LogP contribution < -0.4 is 5.32 Å². The van der Waals surface area contributed by atoms with Crippen molar-refractivity contribution in [2.24, 2.45) is 69.0 Å². The number of carbonyl (C=O) groups is 2. The Labute approximate surface area is 256 Å². The minimum Gasteiger partial charge on any atom is -0.378 e. The van der Waals surface area contributed by atoms with Crippen molar-refractivity contribution in [2.75, 3.05) is 26.3 Å². The molecule has 1 N–H and O–H groups in total. The Morgan fingerprint density at radius 2 is 1.52 bits per heavy atom. The van der Waals surface area contributed by atoms with Gasteiger partial charge >= 0.3 is 0 Å². The number of fused-ring (bicyclic) bond motifs is 7. The Bertz CT molecular complexity index is 1090. The number of hydrogen-bond donors (Lipinski definition) is 1. The molecule has 0 aromatic rings. The maximum Gasteiger partial charge on any atom is 0.226 e. The lowest BCUT2D eigenvalue weighted by Crippen LogP contribution is -2.66. The molecule has 1 heterocycles. The zero-order chi connectivity index (χ0) is 29.7. The van der Waals surface area contributed by atoms with E-state index in [2.05, 4.69) is 46.9 Å². The van der Waals surface area contributed by atoms with Gasteiger partial charge in [0.1, 0.15) is 0 Å². The first kappa shape index (κ1) is 29.6. The van der Waals surface area contributed by atoms with Gasteiger partial charge in [-0.25, -0.2) is 0 Å². The number of carbonyl (C=O) groups excluding carboxylic acids is 2. The van der Waals surface area contributed by atoms with Crippen LogP contribution in [0.2, 0.25) is 0 Å². The number of rotatable bonds is 3. The standard InChI is InChI=1S/C37H60N2O3/c1-23-11-14-34(4)27(24(23)2)12-15-36(6)31(34)10-9-28-29-8-7-13-37(29,17-16-35(28,36)5)33(41)38-30-22-26(25(30)3)32(40)39-18-20-42-21-19-39/h23-31H,7-22H2,1-6H3,(H,38,41)/t23?,24?,25?,26?,27?,28?,29?,30?,31?,34?,35-,36?,37?/m1/s1. The predicted molar refractivity (Wildman–Crippen MR) is 166 cm³/mol. The van der Waals surface area contributed by atoms with Gasteiger partial charge < -0.3 is 15.0 Å². The van der Waals surface area contributed by atoms with Gasteiger partial charge in [-0.2, -0.15) is 0 Å². The lowest BCUT2D eigenvalue weighted by molar-refractivity contribution is -0.228. The highest BCUT2D eigenvalue weighted by Gasteiger charge is 2.70. The molecular weight excluding hydrogens is 520 g/mol. The number of morpholine rings is 1. The third-order valence-electron chi connectivity index (χ3n) is 16.6. The molecule has 2 amide bonds. The van der Waals surface area contributed by atoms with Crippen LogP contribution in [0.3, 0.4) is 0 Å². The van der Waals surface area contributed by atoms with Crippen LogP contribution in [-0.2, 0) is 14.3 Å². The summed E-state index contributed by atoms with van der Waals surface area (Å²) in [6.07, 6.45) is 15.0. The van der Waals surface area contributed by atoms with Crippen LogP contribution in [0.25, 0.3) is 0 Å². The van der Waals surface area contributed by atoms with E-state index >= 15 is 0 Å². The van der Waals surface area contributed by atoms with E-state index < -0.39 is 0 Å². The third kappa shape index (κ3) is 3.95. The molecule has 12 unspecified atom stereocenters. The molecule has 6 aliphatic carbocycles. The quantitative estimate of drug-likeness (QED) is 0.388. The molecule has 1 saturated heterocycles. The zero-order valence-electron chi connectivity index (χ0n) is 27.7. The Morgan fingerprint density at radius 3 is 2.26 bits per heavy atom. The number of ether oxygens (including phenoxy) is 1. The summed E-state index contributed by atoms with van der Waals surface area (Å²) in [7, 11) is 0. The van der Waals surface area contributed by atoms with E-state index in [0.29, 0.717) is 60.3 Å². The van der Waals surface area contributed by atoms with Crippen LogP contribution in [0.5, 0.6) is 0 Å². The highest BCUT2D eigenvalue weighted by Crippen LogP contribution is 2.76. The molecule has 0 aromatic heterocycles. The van der Waals surface area contributed by atoms with Crippen LogP contribution in [0, 0.1) is 69.0 Å². The number of hydrogen-bond acceptors (Lipinski definition) is 3. The van der Waals surface area contributed by atoms with E-state index in [1.807, 2.05) is 4.90 Å². The van der Waals surface area contributed by atoms with E-state index in [1.165, 1.54) is 57.8 Å². The molecule has 5 heteroatoms.